The predicted octanol–water partition coefficient (Wildman–Crippen LogP) is 2.77. The Bertz CT molecular complexity index is 706. The van der Waals surface area contributed by atoms with Gasteiger partial charge in [-0.05, 0) is 44.8 Å². The summed E-state index contributed by atoms with van der Waals surface area (Å²) in [4.78, 5) is 16.9. The zero-order valence-electron chi connectivity index (χ0n) is 14.7. The molecule has 0 saturated carbocycles. The molecule has 0 radical (unpaired) electrons. The number of benzene rings is 1. The van der Waals surface area contributed by atoms with Crippen molar-refractivity contribution in [3.63, 3.8) is 0 Å². The molecule has 3 rings (SSSR count). The van der Waals surface area contributed by atoms with Crippen LogP contribution in [0.2, 0.25) is 0 Å². The molecule has 0 N–H and O–H groups in total. The molecule has 0 aliphatic carbocycles. The molecule has 1 aliphatic rings. The molecule has 1 saturated heterocycles. The van der Waals surface area contributed by atoms with E-state index in [1.165, 1.54) is 5.56 Å². The Hall–Kier alpha value is -2.27. The number of carbonyl (C=O) groups is 1. The number of aryl methyl sites for hydroxylation is 1. The van der Waals surface area contributed by atoms with Gasteiger partial charge in [-0.25, -0.2) is 0 Å². The predicted molar refractivity (Wildman–Crippen MR) is 92.6 cm³/mol. The van der Waals surface area contributed by atoms with Gasteiger partial charge in [0, 0.05) is 25.0 Å². The first-order valence-electron chi connectivity index (χ1n) is 8.15. The molecule has 128 valence electrons. The summed E-state index contributed by atoms with van der Waals surface area (Å²) in [5.74, 6) is 1.85. The molecule has 0 unspecified atom stereocenters. The van der Waals surface area contributed by atoms with Crippen molar-refractivity contribution in [1.29, 1.82) is 0 Å². The molecule has 2 aromatic rings. The molecule has 1 aliphatic heterocycles. The Morgan fingerprint density at radius 1 is 1.21 bits per heavy atom. The zero-order valence-corrected chi connectivity index (χ0v) is 14.7. The Labute approximate surface area is 142 Å². The van der Waals surface area contributed by atoms with Crippen molar-refractivity contribution in [2.75, 3.05) is 34.3 Å². The lowest BCUT2D eigenvalue weighted by molar-refractivity contribution is 0.0780. The maximum Gasteiger partial charge on any atom is 0.257 e. The highest BCUT2D eigenvalue weighted by Crippen LogP contribution is 2.32. The van der Waals surface area contributed by atoms with Crippen LogP contribution in [0.15, 0.2) is 41.0 Å². The number of furan rings is 1. The van der Waals surface area contributed by atoms with Gasteiger partial charge in [-0.2, -0.15) is 0 Å². The SMILES string of the molecule is COc1ccc([C@@H]2CN(C(=O)c3ccoc3C)C[C@H]2N(C)C)cc1. The van der Waals surface area contributed by atoms with Crippen LogP contribution in [-0.4, -0.2) is 56.0 Å². The van der Waals surface area contributed by atoms with Crippen LogP contribution in [-0.2, 0) is 0 Å². The average molecular weight is 328 g/mol. The van der Waals surface area contributed by atoms with Gasteiger partial charge in [-0.3, -0.25) is 4.79 Å². The lowest BCUT2D eigenvalue weighted by Crippen LogP contribution is -2.35. The molecule has 1 amide bonds. The Balaban J connectivity index is 1.83. The van der Waals surface area contributed by atoms with E-state index in [4.69, 9.17) is 9.15 Å². The van der Waals surface area contributed by atoms with E-state index in [0.29, 0.717) is 24.4 Å². The van der Waals surface area contributed by atoms with Crippen molar-refractivity contribution in [2.24, 2.45) is 0 Å². The quantitative estimate of drug-likeness (QED) is 0.866. The van der Waals surface area contributed by atoms with Gasteiger partial charge in [-0.15, -0.1) is 0 Å². The second-order valence-corrected chi connectivity index (χ2v) is 6.51. The van der Waals surface area contributed by atoms with Crippen LogP contribution in [0.5, 0.6) is 5.75 Å². The number of carbonyl (C=O) groups excluding carboxylic acids is 1. The van der Waals surface area contributed by atoms with E-state index >= 15 is 0 Å². The molecule has 2 atom stereocenters. The highest BCUT2D eigenvalue weighted by molar-refractivity contribution is 5.95. The summed E-state index contributed by atoms with van der Waals surface area (Å²) >= 11 is 0. The minimum atomic E-state index is 0.0455. The standard InChI is InChI=1S/C19H24N2O3/c1-13-16(9-10-24-13)19(22)21-11-17(18(12-21)20(2)3)14-5-7-15(23-4)8-6-14/h5-10,17-18H,11-12H2,1-4H3/t17-,18+/m0/s1. The third-order valence-corrected chi connectivity index (χ3v) is 4.87. The van der Waals surface area contributed by atoms with E-state index in [-0.39, 0.29) is 17.9 Å². The summed E-state index contributed by atoms with van der Waals surface area (Å²) in [6, 6.07) is 10.2. The summed E-state index contributed by atoms with van der Waals surface area (Å²) < 4.78 is 10.5. The van der Waals surface area contributed by atoms with Crippen LogP contribution < -0.4 is 4.74 Å². The van der Waals surface area contributed by atoms with E-state index in [1.807, 2.05) is 24.0 Å². The lowest BCUT2D eigenvalue weighted by atomic mass is 9.93. The van der Waals surface area contributed by atoms with Crippen LogP contribution in [0, 0.1) is 6.92 Å². The van der Waals surface area contributed by atoms with Gasteiger partial charge in [0.05, 0.1) is 18.9 Å². The third-order valence-electron chi connectivity index (χ3n) is 4.87. The van der Waals surface area contributed by atoms with Crippen molar-refractivity contribution in [3.05, 3.63) is 53.5 Å². The van der Waals surface area contributed by atoms with Crippen molar-refractivity contribution in [2.45, 2.75) is 18.9 Å². The molecule has 0 bridgehead atoms. The van der Waals surface area contributed by atoms with Gasteiger partial charge in [0.2, 0.25) is 0 Å². The maximum absolute atomic E-state index is 12.8. The fourth-order valence-corrected chi connectivity index (χ4v) is 3.43. The first kappa shape index (κ1) is 16.6. The molecule has 5 nitrogen and oxygen atoms in total. The number of hydrogen-bond acceptors (Lipinski definition) is 4. The van der Waals surface area contributed by atoms with Crippen LogP contribution >= 0.6 is 0 Å². The molecular formula is C19H24N2O3. The monoisotopic (exact) mass is 328 g/mol. The second kappa shape index (κ2) is 6.69. The zero-order chi connectivity index (χ0) is 17.3. The first-order valence-corrected chi connectivity index (χ1v) is 8.15. The Morgan fingerprint density at radius 2 is 1.92 bits per heavy atom. The van der Waals surface area contributed by atoms with Crippen molar-refractivity contribution < 1.29 is 13.9 Å². The minimum absolute atomic E-state index is 0.0455. The summed E-state index contributed by atoms with van der Waals surface area (Å²) in [5.41, 5.74) is 1.89. The second-order valence-electron chi connectivity index (χ2n) is 6.51. The van der Waals surface area contributed by atoms with Crippen molar-refractivity contribution >= 4 is 5.91 Å². The summed E-state index contributed by atoms with van der Waals surface area (Å²) in [6.45, 7) is 3.25. The van der Waals surface area contributed by atoms with Gasteiger partial charge in [0.1, 0.15) is 11.5 Å². The number of hydrogen-bond donors (Lipinski definition) is 0. The normalized spacial score (nSPS) is 20.6. The van der Waals surface area contributed by atoms with Crippen molar-refractivity contribution in [3.8, 4) is 5.75 Å². The van der Waals surface area contributed by atoms with Crippen molar-refractivity contribution in [1.82, 2.24) is 9.80 Å². The van der Waals surface area contributed by atoms with Crippen LogP contribution in [0.25, 0.3) is 0 Å². The van der Waals surface area contributed by atoms with Gasteiger partial charge >= 0.3 is 0 Å². The highest BCUT2D eigenvalue weighted by Gasteiger charge is 2.38. The van der Waals surface area contributed by atoms with E-state index < -0.39 is 0 Å². The topological polar surface area (TPSA) is 45.9 Å². The van der Waals surface area contributed by atoms with Gasteiger partial charge in [-0.1, -0.05) is 12.1 Å². The molecule has 1 aromatic heterocycles. The summed E-state index contributed by atoms with van der Waals surface area (Å²) in [5, 5.41) is 0. The van der Waals surface area contributed by atoms with E-state index in [9.17, 15) is 4.79 Å². The number of amides is 1. The highest BCUT2D eigenvalue weighted by atomic mass is 16.5. The van der Waals surface area contributed by atoms with Crippen LogP contribution in [0.1, 0.15) is 27.6 Å². The summed E-state index contributed by atoms with van der Waals surface area (Å²) in [7, 11) is 5.80. The number of likely N-dealkylation sites (tertiary alicyclic amines) is 1. The average Bonchev–Trinajstić information content (AvgIpc) is 3.21. The summed E-state index contributed by atoms with van der Waals surface area (Å²) in [6.07, 6.45) is 1.57. The number of ether oxygens (including phenoxy) is 1. The van der Waals surface area contributed by atoms with E-state index in [2.05, 4.69) is 31.1 Å². The van der Waals surface area contributed by atoms with Crippen LogP contribution in [0.3, 0.4) is 0 Å². The molecule has 2 heterocycles. The number of likely N-dealkylation sites (N-methyl/N-ethyl adjacent to an activating group) is 1. The van der Waals surface area contributed by atoms with Gasteiger partial charge in [0.25, 0.3) is 5.91 Å². The van der Waals surface area contributed by atoms with E-state index in [0.717, 1.165) is 5.75 Å². The number of methoxy groups -OCH3 is 1. The fraction of sp³-hybridized carbons (Fsp3) is 0.421. The van der Waals surface area contributed by atoms with E-state index in [1.54, 1.807) is 19.4 Å². The molecule has 0 spiro atoms. The first-order chi connectivity index (χ1) is 11.5. The minimum Gasteiger partial charge on any atom is -0.497 e. The molecule has 5 heteroatoms. The maximum atomic E-state index is 12.8. The number of rotatable bonds is 4. The molecule has 1 aromatic carbocycles. The Kier molecular flexibility index (Phi) is 4.62. The smallest absolute Gasteiger partial charge is 0.257 e. The van der Waals surface area contributed by atoms with Gasteiger partial charge < -0.3 is 19.0 Å². The third kappa shape index (κ3) is 3.04. The lowest BCUT2D eigenvalue weighted by Gasteiger charge is -2.25. The largest absolute Gasteiger partial charge is 0.497 e. The molecule has 1 fully saturated rings. The van der Waals surface area contributed by atoms with Crippen LogP contribution in [0.4, 0.5) is 0 Å². The number of nitrogens with zero attached hydrogens (tertiary/aromatic N) is 2. The Morgan fingerprint density at radius 3 is 2.46 bits per heavy atom. The molecule has 24 heavy (non-hydrogen) atoms. The fourth-order valence-electron chi connectivity index (χ4n) is 3.43. The molecular weight excluding hydrogens is 304 g/mol. The van der Waals surface area contributed by atoms with Gasteiger partial charge in [0.15, 0.2) is 0 Å².